The predicted octanol–water partition coefficient (Wildman–Crippen LogP) is 4.06. The first kappa shape index (κ1) is 18.3. The molecule has 0 N–H and O–H groups in total. The van der Waals surface area contributed by atoms with Crippen LogP contribution in [0.1, 0.15) is 68.1 Å². The molecule has 2 saturated carbocycles. The van der Waals surface area contributed by atoms with E-state index in [-0.39, 0.29) is 23.2 Å². The first-order chi connectivity index (χ1) is 14.1. The van der Waals surface area contributed by atoms with E-state index in [4.69, 9.17) is 0 Å². The molecule has 0 bridgehead atoms. The minimum absolute atomic E-state index is 0.0470. The van der Waals surface area contributed by atoms with Gasteiger partial charge in [0, 0.05) is 29.7 Å². The largest absolute Gasteiger partial charge is 0.273 e. The number of aromatic nitrogens is 3. The molecule has 0 radical (unpaired) electrons. The van der Waals surface area contributed by atoms with Gasteiger partial charge in [0.15, 0.2) is 0 Å². The lowest BCUT2D eigenvalue weighted by Gasteiger charge is -2.55. The maximum atomic E-state index is 13.6. The normalized spacial score (nSPS) is 25.3. The molecule has 2 aromatic rings. The number of nitro benzene ring substituents is 1. The third kappa shape index (κ3) is 2.76. The van der Waals surface area contributed by atoms with E-state index < -0.39 is 4.92 Å². The van der Waals surface area contributed by atoms with Crippen molar-refractivity contribution in [2.45, 2.75) is 69.4 Å². The van der Waals surface area contributed by atoms with E-state index in [0.29, 0.717) is 17.4 Å². The van der Waals surface area contributed by atoms with Gasteiger partial charge < -0.3 is 0 Å². The molecule has 1 aliphatic heterocycles. The number of carbonyl (C=O) groups excluding carboxylic acids is 1. The molecule has 1 amide bonds. The van der Waals surface area contributed by atoms with Crippen LogP contribution in [-0.4, -0.2) is 31.6 Å². The van der Waals surface area contributed by atoms with Crippen LogP contribution >= 0.6 is 0 Å². The smallest absolute Gasteiger partial charge is 0.270 e. The summed E-state index contributed by atoms with van der Waals surface area (Å²) in [4.78, 5) is 30.6. The molecule has 2 fully saturated rings. The van der Waals surface area contributed by atoms with Crippen LogP contribution < -0.4 is 4.90 Å². The van der Waals surface area contributed by atoms with Crippen molar-refractivity contribution < 1.29 is 9.72 Å². The number of anilines is 1. The van der Waals surface area contributed by atoms with E-state index >= 15 is 0 Å². The molecule has 1 aromatic carbocycles. The van der Waals surface area contributed by atoms with Gasteiger partial charge in [-0.25, -0.2) is 4.68 Å². The molecule has 2 unspecified atom stereocenters. The number of fused-ring (bicyclic) bond motifs is 4. The standard InChI is InChI=1S/C21H25N5O3/c27-19(15-7-6-8-16(13-15)26(28)29)24-18-10-3-2-9-17(18)21(11-4-1-5-12-21)25-20(24)22-14-23-25/h6-8,13-14,17-18H,1-5,9-12H2. The fourth-order valence-electron chi connectivity index (χ4n) is 5.95. The molecule has 2 aliphatic carbocycles. The number of benzene rings is 1. The van der Waals surface area contributed by atoms with Crippen LogP contribution in [0.25, 0.3) is 0 Å². The summed E-state index contributed by atoms with van der Waals surface area (Å²) in [7, 11) is 0. The van der Waals surface area contributed by atoms with Crippen LogP contribution in [0.3, 0.4) is 0 Å². The molecule has 5 rings (SSSR count). The van der Waals surface area contributed by atoms with Gasteiger partial charge in [-0.2, -0.15) is 10.1 Å². The van der Waals surface area contributed by atoms with Crippen LogP contribution in [-0.2, 0) is 5.54 Å². The summed E-state index contributed by atoms with van der Waals surface area (Å²) >= 11 is 0. The molecule has 3 aliphatic rings. The third-order valence-electron chi connectivity index (χ3n) is 7.16. The van der Waals surface area contributed by atoms with Crippen molar-refractivity contribution >= 4 is 17.5 Å². The van der Waals surface area contributed by atoms with E-state index in [1.165, 1.54) is 37.8 Å². The SMILES string of the molecule is O=C(c1cccc([N+](=O)[O-])c1)N1c2ncnn2C2(CCCCC2)C2CCCCC21. The Kier molecular flexibility index (Phi) is 4.37. The van der Waals surface area contributed by atoms with Crippen molar-refractivity contribution in [1.82, 2.24) is 14.8 Å². The second kappa shape index (κ2) is 6.93. The number of hydrogen-bond donors (Lipinski definition) is 0. The summed E-state index contributed by atoms with van der Waals surface area (Å²) in [6.45, 7) is 0. The summed E-state index contributed by atoms with van der Waals surface area (Å²) in [6, 6.07) is 6.08. The van der Waals surface area contributed by atoms with Crippen LogP contribution in [0.4, 0.5) is 11.6 Å². The second-order valence-corrected chi connectivity index (χ2v) is 8.58. The van der Waals surface area contributed by atoms with Gasteiger partial charge in [-0.3, -0.25) is 19.8 Å². The van der Waals surface area contributed by atoms with E-state index in [1.54, 1.807) is 23.4 Å². The van der Waals surface area contributed by atoms with Gasteiger partial charge >= 0.3 is 0 Å². The highest BCUT2D eigenvalue weighted by Gasteiger charge is 2.54. The average Bonchev–Trinajstić information content (AvgIpc) is 3.25. The molecule has 8 heteroatoms. The lowest BCUT2D eigenvalue weighted by atomic mass is 9.64. The first-order valence-corrected chi connectivity index (χ1v) is 10.6. The topological polar surface area (TPSA) is 94.2 Å². The van der Waals surface area contributed by atoms with Crippen LogP contribution in [0.15, 0.2) is 30.6 Å². The monoisotopic (exact) mass is 395 g/mol. The van der Waals surface area contributed by atoms with Crippen molar-refractivity contribution in [3.8, 4) is 0 Å². The quantitative estimate of drug-likeness (QED) is 0.564. The van der Waals surface area contributed by atoms with Crippen molar-refractivity contribution in [3.63, 3.8) is 0 Å². The number of non-ortho nitro benzene ring substituents is 1. The molecule has 2 heterocycles. The predicted molar refractivity (Wildman–Crippen MR) is 107 cm³/mol. The lowest BCUT2D eigenvalue weighted by molar-refractivity contribution is -0.384. The van der Waals surface area contributed by atoms with Gasteiger partial charge in [-0.05, 0) is 31.7 Å². The molecule has 29 heavy (non-hydrogen) atoms. The van der Waals surface area contributed by atoms with Crippen LogP contribution in [0.2, 0.25) is 0 Å². The molecule has 1 spiro atoms. The Labute approximate surface area is 169 Å². The Balaban J connectivity index is 1.61. The maximum absolute atomic E-state index is 13.6. The zero-order valence-electron chi connectivity index (χ0n) is 16.4. The molecular formula is C21H25N5O3. The number of hydrogen-bond acceptors (Lipinski definition) is 5. The van der Waals surface area contributed by atoms with Gasteiger partial charge in [0.2, 0.25) is 5.95 Å². The molecule has 2 atom stereocenters. The number of nitro groups is 1. The first-order valence-electron chi connectivity index (χ1n) is 10.6. The maximum Gasteiger partial charge on any atom is 0.270 e. The second-order valence-electron chi connectivity index (χ2n) is 8.58. The van der Waals surface area contributed by atoms with Gasteiger partial charge in [0.1, 0.15) is 6.33 Å². The van der Waals surface area contributed by atoms with Gasteiger partial charge in [-0.15, -0.1) is 0 Å². The minimum atomic E-state index is -0.462. The summed E-state index contributed by atoms with van der Waals surface area (Å²) in [5.41, 5.74) is 0.213. The highest BCUT2D eigenvalue weighted by Crippen LogP contribution is 2.52. The Bertz CT molecular complexity index is 949. The Morgan fingerprint density at radius 3 is 2.72 bits per heavy atom. The van der Waals surface area contributed by atoms with Gasteiger partial charge in [0.05, 0.1) is 10.5 Å². The van der Waals surface area contributed by atoms with Crippen molar-refractivity contribution in [1.29, 1.82) is 0 Å². The molecule has 1 aromatic heterocycles. The zero-order chi connectivity index (χ0) is 20.0. The average molecular weight is 395 g/mol. The van der Waals surface area contributed by atoms with Gasteiger partial charge in [0.25, 0.3) is 11.6 Å². The number of amides is 1. The Hall–Kier alpha value is -2.77. The van der Waals surface area contributed by atoms with Crippen LogP contribution in [0.5, 0.6) is 0 Å². The number of nitrogens with zero attached hydrogens (tertiary/aromatic N) is 5. The number of carbonyl (C=O) groups is 1. The van der Waals surface area contributed by atoms with Crippen LogP contribution in [0, 0.1) is 16.0 Å². The molecular weight excluding hydrogens is 370 g/mol. The number of rotatable bonds is 2. The van der Waals surface area contributed by atoms with E-state index in [9.17, 15) is 14.9 Å². The summed E-state index contributed by atoms with van der Waals surface area (Å²) < 4.78 is 2.02. The van der Waals surface area contributed by atoms with E-state index in [0.717, 1.165) is 32.1 Å². The van der Waals surface area contributed by atoms with Crippen molar-refractivity contribution in [3.05, 3.63) is 46.3 Å². The van der Waals surface area contributed by atoms with Crippen molar-refractivity contribution in [2.75, 3.05) is 4.90 Å². The molecule has 0 saturated heterocycles. The van der Waals surface area contributed by atoms with Gasteiger partial charge in [-0.1, -0.05) is 38.2 Å². The Morgan fingerprint density at radius 2 is 1.93 bits per heavy atom. The molecule has 8 nitrogen and oxygen atoms in total. The zero-order valence-corrected chi connectivity index (χ0v) is 16.4. The fourth-order valence-corrected chi connectivity index (χ4v) is 5.95. The van der Waals surface area contributed by atoms with E-state index in [1.807, 2.05) is 4.68 Å². The lowest BCUT2D eigenvalue weighted by Crippen LogP contribution is -2.61. The third-order valence-corrected chi connectivity index (χ3v) is 7.16. The minimum Gasteiger partial charge on any atom is -0.273 e. The Morgan fingerprint density at radius 1 is 1.14 bits per heavy atom. The van der Waals surface area contributed by atoms with Crippen molar-refractivity contribution in [2.24, 2.45) is 5.92 Å². The highest BCUT2D eigenvalue weighted by atomic mass is 16.6. The van der Waals surface area contributed by atoms with E-state index in [2.05, 4.69) is 10.1 Å². The summed E-state index contributed by atoms with van der Waals surface area (Å²) in [5, 5.41) is 15.8. The summed E-state index contributed by atoms with van der Waals surface area (Å²) in [6.07, 6.45) is 11.6. The summed E-state index contributed by atoms with van der Waals surface area (Å²) in [5.74, 6) is 0.741. The highest BCUT2D eigenvalue weighted by molar-refractivity contribution is 6.06. The fraction of sp³-hybridized carbons (Fsp3) is 0.571. The molecule has 152 valence electrons.